The molecule has 0 aliphatic heterocycles. The smallest absolute Gasteiger partial charge is 0.269 e. The Balaban J connectivity index is 1.96. The van der Waals surface area contributed by atoms with Crippen LogP contribution in [0.3, 0.4) is 0 Å². The van der Waals surface area contributed by atoms with Crippen molar-refractivity contribution in [3.63, 3.8) is 0 Å². The second kappa shape index (κ2) is 7.87. The van der Waals surface area contributed by atoms with Crippen LogP contribution in [-0.4, -0.2) is 11.5 Å². The van der Waals surface area contributed by atoms with E-state index in [0.29, 0.717) is 18.0 Å². The number of benzene rings is 2. The van der Waals surface area contributed by atoms with Gasteiger partial charge in [-0.05, 0) is 42.8 Å². The van der Waals surface area contributed by atoms with E-state index in [-0.39, 0.29) is 5.69 Å². The van der Waals surface area contributed by atoms with Gasteiger partial charge >= 0.3 is 0 Å². The molecule has 0 aliphatic carbocycles. The zero-order chi connectivity index (χ0) is 15.8. The maximum absolute atomic E-state index is 10.6. The lowest BCUT2D eigenvalue weighted by molar-refractivity contribution is -0.384. The highest BCUT2D eigenvalue weighted by atomic mass is 16.6. The Morgan fingerprint density at radius 1 is 1.00 bits per heavy atom. The summed E-state index contributed by atoms with van der Waals surface area (Å²) in [6, 6.07) is 13.2. The van der Waals surface area contributed by atoms with Gasteiger partial charge in [-0.3, -0.25) is 10.1 Å². The average molecular weight is 299 g/mol. The van der Waals surface area contributed by atoms with Crippen LogP contribution in [0.4, 0.5) is 17.1 Å². The SMILES string of the molecule is CCCCOc1ccc(/N=N/c2ccc([N+](=O)[O-])cc2)cc1. The first-order valence-electron chi connectivity index (χ1n) is 7.08. The van der Waals surface area contributed by atoms with Gasteiger partial charge in [-0.1, -0.05) is 13.3 Å². The van der Waals surface area contributed by atoms with Gasteiger partial charge in [0.1, 0.15) is 5.75 Å². The minimum absolute atomic E-state index is 0.0348. The fraction of sp³-hybridized carbons (Fsp3) is 0.250. The standard InChI is InChI=1S/C16H17N3O3/c1-2-3-12-22-16-10-6-14(7-11-16)18-17-13-4-8-15(9-5-13)19(20)21/h4-11H,2-3,12H2,1H3/b18-17+. The topological polar surface area (TPSA) is 77.1 Å². The fourth-order valence-electron chi connectivity index (χ4n) is 1.70. The van der Waals surface area contributed by atoms with Gasteiger partial charge in [0, 0.05) is 12.1 Å². The monoisotopic (exact) mass is 299 g/mol. The molecule has 6 heteroatoms. The van der Waals surface area contributed by atoms with E-state index in [0.717, 1.165) is 18.6 Å². The molecule has 0 amide bonds. The second-order valence-corrected chi connectivity index (χ2v) is 4.67. The summed E-state index contributed by atoms with van der Waals surface area (Å²) in [5.74, 6) is 0.808. The van der Waals surface area contributed by atoms with Crippen LogP contribution in [0.15, 0.2) is 58.8 Å². The molecule has 0 N–H and O–H groups in total. The molecule has 0 heterocycles. The summed E-state index contributed by atoms with van der Waals surface area (Å²) in [4.78, 5) is 10.1. The Morgan fingerprint density at radius 2 is 1.55 bits per heavy atom. The maximum atomic E-state index is 10.6. The van der Waals surface area contributed by atoms with Crippen LogP contribution < -0.4 is 4.74 Å². The highest BCUT2D eigenvalue weighted by molar-refractivity contribution is 5.45. The summed E-state index contributed by atoms with van der Waals surface area (Å²) in [5, 5.41) is 18.7. The molecule has 6 nitrogen and oxygen atoms in total. The van der Waals surface area contributed by atoms with Crippen LogP contribution in [0.5, 0.6) is 5.75 Å². The van der Waals surface area contributed by atoms with Gasteiger partial charge in [0.15, 0.2) is 0 Å². The number of nitro groups is 1. The van der Waals surface area contributed by atoms with Gasteiger partial charge in [0.05, 0.1) is 22.9 Å². The molecule has 0 bridgehead atoms. The summed E-state index contributed by atoms with van der Waals surface area (Å²) in [5.41, 5.74) is 1.29. The van der Waals surface area contributed by atoms with E-state index in [1.165, 1.54) is 12.1 Å². The number of azo groups is 1. The Bertz CT molecular complexity index is 637. The lowest BCUT2D eigenvalue weighted by Gasteiger charge is -2.04. The summed E-state index contributed by atoms with van der Waals surface area (Å²) in [7, 11) is 0. The number of ether oxygens (including phenoxy) is 1. The summed E-state index contributed by atoms with van der Waals surface area (Å²) < 4.78 is 5.56. The van der Waals surface area contributed by atoms with E-state index in [2.05, 4.69) is 17.2 Å². The molecule has 2 aromatic rings. The van der Waals surface area contributed by atoms with Crippen molar-refractivity contribution >= 4 is 17.1 Å². The van der Waals surface area contributed by atoms with Crippen LogP contribution in [0.2, 0.25) is 0 Å². The van der Waals surface area contributed by atoms with E-state index in [9.17, 15) is 10.1 Å². The van der Waals surface area contributed by atoms with Crippen molar-refractivity contribution in [1.82, 2.24) is 0 Å². The Hall–Kier alpha value is -2.76. The Morgan fingerprint density at radius 3 is 2.05 bits per heavy atom. The van der Waals surface area contributed by atoms with E-state index in [4.69, 9.17) is 4.74 Å². The first-order chi connectivity index (χ1) is 10.7. The molecule has 2 aromatic carbocycles. The predicted octanol–water partition coefficient (Wildman–Crippen LogP) is 5.19. The minimum atomic E-state index is -0.446. The molecule has 0 atom stereocenters. The number of hydrogen-bond acceptors (Lipinski definition) is 5. The highest BCUT2D eigenvalue weighted by Crippen LogP contribution is 2.23. The molecule has 0 spiro atoms. The molecule has 0 saturated carbocycles. The molecule has 2 rings (SSSR count). The van der Waals surface area contributed by atoms with Crippen molar-refractivity contribution in [2.75, 3.05) is 6.61 Å². The molecule has 0 aliphatic rings. The first-order valence-corrected chi connectivity index (χ1v) is 7.08. The van der Waals surface area contributed by atoms with Gasteiger partial charge in [0.25, 0.3) is 5.69 Å². The Labute approximate surface area is 128 Å². The number of rotatable bonds is 7. The molecule has 114 valence electrons. The third-order valence-corrected chi connectivity index (χ3v) is 2.94. The summed E-state index contributed by atoms with van der Waals surface area (Å²) in [6.07, 6.45) is 2.13. The van der Waals surface area contributed by atoms with Crippen molar-refractivity contribution in [3.8, 4) is 5.75 Å². The average Bonchev–Trinajstić information content (AvgIpc) is 2.55. The number of nitro benzene ring substituents is 1. The molecule has 0 unspecified atom stereocenters. The normalized spacial score (nSPS) is 10.8. The lowest BCUT2D eigenvalue weighted by Crippen LogP contribution is -1.95. The molecule has 22 heavy (non-hydrogen) atoms. The minimum Gasteiger partial charge on any atom is -0.494 e. The van der Waals surface area contributed by atoms with Crippen LogP contribution >= 0.6 is 0 Å². The zero-order valence-corrected chi connectivity index (χ0v) is 12.3. The van der Waals surface area contributed by atoms with E-state index in [1.807, 2.05) is 24.3 Å². The molecule has 0 saturated heterocycles. The van der Waals surface area contributed by atoms with Gasteiger partial charge in [-0.25, -0.2) is 0 Å². The quantitative estimate of drug-likeness (QED) is 0.305. The molecular formula is C16H17N3O3. The molecule has 0 aromatic heterocycles. The van der Waals surface area contributed by atoms with Crippen LogP contribution in [-0.2, 0) is 0 Å². The van der Waals surface area contributed by atoms with Crippen LogP contribution in [0.25, 0.3) is 0 Å². The zero-order valence-electron chi connectivity index (χ0n) is 12.3. The van der Waals surface area contributed by atoms with E-state index in [1.54, 1.807) is 12.1 Å². The van der Waals surface area contributed by atoms with Crippen molar-refractivity contribution in [2.24, 2.45) is 10.2 Å². The fourth-order valence-corrected chi connectivity index (χ4v) is 1.70. The first kappa shape index (κ1) is 15.6. The van der Waals surface area contributed by atoms with Crippen molar-refractivity contribution < 1.29 is 9.66 Å². The Kier molecular flexibility index (Phi) is 5.59. The third kappa shape index (κ3) is 4.66. The maximum Gasteiger partial charge on any atom is 0.269 e. The number of nitrogens with zero attached hydrogens (tertiary/aromatic N) is 3. The van der Waals surface area contributed by atoms with Crippen LogP contribution in [0, 0.1) is 10.1 Å². The number of non-ortho nitro benzene ring substituents is 1. The van der Waals surface area contributed by atoms with Gasteiger partial charge in [-0.15, -0.1) is 0 Å². The third-order valence-electron chi connectivity index (χ3n) is 2.94. The van der Waals surface area contributed by atoms with Gasteiger partial charge in [-0.2, -0.15) is 10.2 Å². The molecule has 0 fully saturated rings. The lowest BCUT2D eigenvalue weighted by atomic mass is 10.3. The molecular weight excluding hydrogens is 282 g/mol. The largest absolute Gasteiger partial charge is 0.494 e. The van der Waals surface area contributed by atoms with Crippen molar-refractivity contribution in [3.05, 3.63) is 58.6 Å². The van der Waals surface area contributed by atoms with Gasteiger partial charge in [0.2, 0.25) is 0 Å². The predicted molar refractivity (Wildman–Crippen MR) is 84.1 cm³/mol. The summed E-state index contributed by atoms with van der Waals surface area (Å²) >= 11 is 0. The number of hydrogen-bond donors (Lipinski definition) is 0. The van der Waals surface area contributed by atoms with Gasteiger partial charge < -0.3 is 4.74 Å². The van der Waals surface area contributed by atoms with E-state index >= 15 is 0 Å². The van der Waals surface area contributed by atoms with E-state index < -0.39 is 4.92 Å². The second-order valence-electron chi connectivity index (χ2n) is 4.67. The highest BCUT2D eigenvalue weighted by Gasteiger charge is 2.03. The van der Waals surface area contributed by atoms with Crippen molar-refractivity contribution in [1.29, 1.82) is 0 Å². The summed E-state index contributed by atoms with van der Waals surface area (Å²) in [6.45, 7) is 2.82. The molecule has 0 radical (unpaired) electrons. The van der Waals surface area contributed by atoms with Crippen LogP contribution in [0.1, 0.15) is 19.8 Å². The van der Waals surface area contributed by atoms with Crippen molar-refractivity contribution in [2.45, 2.75) is 19.8 Å². The number of unbranched alkanes of at least 4 members (excludes halogenated alkanes) is 1.